The van der Waals surface area contributed by atoms with Crippen molar-refractivity contribution in [1.29, 1.82) is 5.41 Å². The van der Waals surface area contributed by atoms with Crippen molar-refractivity contribution in [2.75, 3.05) is 7.11 Å². The fourth-order valence-corrected chi connectivity index (χ4v) is 1.34. The highest BCUT2D eigenvalue weighted by atomic mass is 19.1. The molecule has 0 aromatic heterocycles. The lowest BCUT2D eigenvalue weighted by atomic mass is 9.92. The Morgan fingerprint density at radius 2 is 2.31 bits per heavy atom. The molecule has 0 heterocycles. The van der Waals surface area contributed by atoms with Crippen molar-refractivity contribution in [3.8, 4) is 0 Å². The van der Waals surface area contributed by atoms with Crippen LogP contribution in [0.4, 0.5) is 9.18 Å². The van der Waals surface area contributed by atoms with Gasteiger partial charge in [-0.2, -0.15) is 0 Å². The van der Waals surface area contributed by atoms with Gasteiger partial charge in [0, 0.05) is 17.7 Å². The highest BCUT2D eigenvalue weighted by Gasteiger charge is 2.25. The molecular formula is C10H11FN2O3. The number of halogens is 1. The monoisotopic (exact) mass is 226 g/mol. The van der Waals surface area contributed by atoms with Gasteiger partial charge in [0.15, 0.2) is 6.29 Å². The van der Waals surface area contributed by atoms with Crippen molar-refractivity contribution in [2.24, 2.45) is 5.92 Å². The maximum Gasteiger partial charge on any atom is 0.407 e. The number of alkyl carbamates (subject to hydrolysis) is 1. The van der Waals surface area contributed by atoms with Crippen LogP contribution in [0.15, 0.2) is 23.6 Å². The standard InChI is InChI=1S/C10H11FN2O3/c1-16-10(15)13-9-3-8(11)7(5-14)2-6(9)4-12/h2-6,9,12H,1H3,(H,13,15). The normalized spacial score (nSPS) is 23.9. The number of hydrogen-bond donors (Lipinski definition) is 2. The van der Waals surface area contributed by atoms with E-state index in [1.165, 1.54) is 13.2 Å². The van der Waals surface area contributed by atoms with Crippen molar-refractivity contribution in [3.63, 3.8) is 0 Å². The average molecular weight is 226 g/mol. The SMILES string of the molecule is COC(=O)NC1C=C(F)C(C=O)=CC1C=N. The molecule has 0 aliphatic heterocycles. The molecule has 1 rings (SSSR count). The first-order chi connectivity index (χ1) is 7.62. The zero-order chi connectivity index (χ0) is 12.1. The second-order valence-corrected chi connectivity index (χ2v) is 3.16. The van der Waals surface area contributed by atoms with Gasteiger partial charge in [0.2, 0.25) is 0 Å². The van der Waals surface area contributed by atoms with Crippen LogP contribution in [0.5, 0.6) is 0 Å². The van der Waals surface area contributed by atoms with E-state index in [9.17, 15) is 14.0 Å². The molecule has 1 aliphatic carbocycles. The van der Waals surface area contributed by atoms with Crippen molar-refractivity contribution < 1.29 is 18.7 Å². The Labute approximate surface area is 91.5 Å². The van der Waals surface area contributed by atoms with E-state index in [-0.39, 0.29) is 5.57 Å². The fraction of sp³-hybridized carbons (Fsp3) is 0.300. The smallest absolute Gasteiger partial charge is 0.407 e. The van der Waals surface area contributed by atoms with E-state index in [0.717, 1.165) is 12.3 Å². The fourth-order valence-electron chi connectivity index (χ4n) is 1.34. The average Bonchev–Trinajstić information content (AvgIpc) is 2.29. The van der Waals surface area contributed by atoms with Crippen molar-refractivity contribution in [1.82, 2.24) is 5.32 Å². The molecule has 1 aliphatic rings. The van der Waals surface area contributed by atoms with Gasteiger partial charge in [0.1, 0.15) is 5.83 Å². The number of hydrogen-bond acceptors (Lipinski definition) is 4. The molecule has 5 nitrogen and oxygen atoms in total. The molecule has 0 aromatic carbocycles. The van der Waals surface area contributed by atoms with Crippen LogP contribution in [0.3, 0.4) is 0 Å². The summed E-state index contributed by atoms with van der Waals surface area (Å²) < 4.78 is 17.6. The van der Waals surface area contributed by atoms with E-state index in [1.807, 2.05) is 0 Å². The summed E-state index contributed by atoms with van der Waals surface area (Å²) in [7, 11) is 1.18. The lowest BCUT2D eigenvalue weighted by Crippen LogP contribution is -2.40. The quantitative estimate of drug-likeness (QED) is 0.556. The maximum absolute atomic E-state index is 13.3. The Balaban J connectivity index is 2.87. The predicted molar refractivity (Wildman–Crippen MR) is 54.9 cm³/mol. The van der Waals surface area contributed by atoms with Gasteiger partial charge in [0.25, 0.3) is 0 Å². The minimum Gasteiger partial charge on any atom is -0.453 e. The Hall–Kier alpha value is -1.98. The lowest BCUT2D eigenvalue weighted by molar-refractivity contribution is -0.104. The number of aldehydes is 1. The van der Waals surface area contributed by atoms with Crippen LogP contribution < -0.4 is 5.32 Å². The first-order valence-electron chi connectivity index (χ1n) is 4.52. The summed E-state index contributed by atoms with van der Waals surface area (Å²) in [4.78, 5) is 21.4. The summed E-state index contributed by atoms with van der Waals surface area (Å²) >= 11 is 0. The van der Waals surface area contributed by atoms with Gasteiger partial charge in [-0.15, -0.1) is 0 Å². The largest absolute Gasteiger partial charge is 0.453 e. The number of allylic oxidation sites excluding steroid dienone is 2. The van der Waals surface area contributed by atoms with Gasteiger partial charge >= 0.3 is 6.09 Å². The summed E-state index contributed by atoms with van der Waals surface area (Å²) in [6.45, 7) is 0. The zero-order valence-electron chi connectivity index (χ0n) is 8.57. The molecule has 6 heteroatoms. The van der Waals surface area contributed by atoms with Crippen molar-refractivity contribution in [2.45, 2.75) is 6.04 Å². The number of ether oxygens (including phenoxy) is 1. The molecule has 0 radical (unpaired) electrons. The molecule has 0 fully saturated rings. The topological polar surface area (TPSA) is 79.2 Å². The molecule has 0 aromatic rings. The predicted octanol–water partition coefficient (Wildman–Crippen LogP) is 0.969. The minimum atomic E-state index is -0.719. The number of carbonyl (C=O) groups excluding carboxylic acids is 2. The number of nitrogens with one attached hydrogen (secondary N) is 2. The molecular weight excluding hydrogens is 215 g/mol. The van der Waals surface area contributed by atoms with Crippen molar-refractivity contribution in [3.05, 3.63) is 23.6 Å². The molecule has 0 saturated heterocycles. The Bertz CT molecular complexity index is 376. The Kier molecular flexibility index (Phi) is 3.93. The van der Waals surface area contributed by atoms with Crippen LogP contribution in [-0.4, -0.2) is 31.7 Å². The van der Waals surface area contributed by atoms with Crippen LogP contribution in [-0.2, 0) is 9.53 Å². The lowest BCUT2D eigenvalue weighted by Gasteiger charge is -2.22. The van der Waals surface area contributed by atoms with Crippen LogP contribution >= 0.6 is 0 Å². The van der Waals surface area contributed by atoms with E-state index < -0.39 is 23.9 Å². The number of methoxy groups -OCH3 is 1. The van der Waals surface area contributed by atoms with Crippen LogP contribution in [0.2, 0.25) is 0 Å². The summed E-state index contributed by atoms with van der Waals surface area (Å²) in [5.74, 6) is -1.27. The first-order valence-corrected chi connectivity index (χ1v) is 4.52. The van der Waals surface area contributed by atoms with Crippen LogP contribution in [0.1, 0.15) is 0 Å². The molecule has 0 saturated carbocycles. The Morgan fingerprint density at radius 3 is 2.81 bits per heavy atom. The van der Waals surface area contributed by atoms with Gasteiger partial charge < -0.3 is 15.5 Å². The van der Waals surface area contributed by atoms with Gasteiger partial charge in [0.05, 0.1) is 13.2 Å². The van der Waals surface area contributed by atoms with Gasteiger partial charge in [-0.25, -0.2) is 9.18 Å². The van der Waals surface area contributed by atoms with Gasteiger partial charge in [-0.05, 0) is 6.08 Å². The number of amides is 1. The summed E-state index contributed by atoms with van der Waals surface area (Å²) in [5.41, 5.74) is -0.114. The van der Waals surface area contributed by atoms with E-state index in [0.29, 0.717) is 6.29 Å². The van der Waals surface area contributed by atoms with E-state index in [2.05, 4.69) is 10.1 Å². The molecule has 2 N–H and O–H groups in total. The highest BCUT2D eigenvalue weighted by Crippen LogP contribution is 2.22. The third-order valence-electron chi connectivity index (χ3n) is 2.18. The molecule has 1 amide bonds. The summed E-state index contributed by atoms with van der Waals surface area (Å²) in [6, 6.07) is -0.714. The third kappa shape index (κ3) is 2.53. The van der Waals surface area contributed by atoms with E-state index >= 15 is 0 Å². The number of rotatable bonds is 3. The molecule has 2 atom stereocenters. The zero-order valence-corrected chi connectivity index (χ0v) is 8.57. The third-order valence-corrected chi connectivity index (χ3v) is 2.18. The van der Waals surface area contributed by atoms with Gasteiger partial charge in [-0.1, -0.05) is 6.08 Å². The van der Waals surface area contributed by atoms with Crippen LogP contribution in [0.25, 0.3) is 0 Å². The van der Waals surface area contributed by atoms with Crippen molar-refractivity contribution >= 4 is 18.6 Å². The first kappa shape index (κ1) is 12.1. The second-order valence-electron chi connectivity index (χ2n) is 3.16. The molecule has 16 heavy (non-hydrogen) atoms. The number of carbonyl (C=O) groups is 2. The molecule has 0 bridgehead atoms. The molecule has 86 valence electrons. The maximum atomic E-state index is 13.3. The Morgan fingerprint density at radius 1 is 1.62 bits per heavy atom. The molecule has 2 unspecified atom stereocenters. The summed E-state index contributed by atoms with van der Waals surface area (Å²) in [5, 5.41) is 9.49. The highest BCUT2D eigenvalue weighted by molar-refractivity contribution is 5.82. The molecule has 0 spiro atoms. The minimum absolute atomic E-state index is 0.114. The summed E-state index contributed by atoms with van der Waals surface area (Å²) in [6.07, 6.45) is 3.04. The van der Waals surface area contributed by atoms with E-state index in [1.54, 1.807) is 0 Å². The van der Waals surface area contributed by atoms with E-state index in [4.69, 9.17) is 5.41 Å². The van der Waals surface area contributed by atoms with Gasteiger partial charge in [-0.3, -0.25) is 4.79 Å². The second kappa shape index (κ2) is 5.20. The van der Waals surface area contributed by atoms with Crippen LogP contribution in [0, 0.1) is 11.3 Å².